The Morgan fingerprint density at radius 2 is 2.07 bits per heavy atom. The van der Waals surface area contributed by atoms with E-state index >= 15 is 0 Å². The second-order valence-corrected chi connectivity index (χ2v) is 4.29. The van der Waals surface area contributed by atoms with Gasteiger partial charge in [-0.2, -0.15) is 12.6 Å². The van der Waals surface area contributed by atoms with Crippen molar-refractivity contribution in [2.45, 2.75) is 0 Å². The summed E-state index contributed by atoms with van der Waals surface area (Å²) in [6.45, 7) is 0. The van der Waals surface area contributed by atoms with E-state index in [4.69, 9.17) is 16.3 Å². The van der Waals surface area contributed by atoms with Crippen molar-refractivity contribution in [1.82, 2.24) is 0 Å². The Kier molecular flexibility index (Phi) is 5.22. The normalized spacial score (nSPS) is 9.86. The van der Waals surface area contributed by atoms with E-state index in [0.717, 1.165) is 11.8 Å². The summed E-state index contributed by atoms with van der Waals surface area (Å²) in [7, 11) is 0. The zero-order chi connectivity index (χ0) is 10.4. The molecule has 0 saturated carbocycles. The van der Waals surface area contributed by atoms with Gasteiger partial charge < -0.3 is 4.74 Å². The fourth-order valence-corrected chi connectivity index (χ4v) is 1.57. The van der Waals surface area contributed by atoms with Crippen molar-refractivity contribution in [2.24, 2.45) is 0 Å². The van der Waals surface area contributed by atoms with Crippen molar-refractivity contribution in [1.29, 1.82) is 0 Å². The molecule has 0 fully saturated rings. The molecule has 0 saturated heterocycles. The van der Waals surface area contributed by atoms with Gasteiger partial charge in [0.25, 0.3) is 0 Å². The summed E-state index contributed by atoms with van der Waals surface area (Å²) < 4.78 is 5.00. The largest absolute Gasteiger partial charge is 0.418 e. The SMILES string of the molecule is O=C(Oc1ccc(Cl)cc1)SCCS. The lowest BCUT2D eigenvalue weighted by Gasteiger charge is -2.02. The number of rotatable bonds is 3. The van der Waals surface area contributed by atoms with Crippen LogP contribution in [0.3, 0.4) is 0 Å². The minimum absolute atomic E-state index is 0.318. The van der Waals surface area contributed by atoms with Gasteiger partial charge in [0.15, 0.2) is 0 Å². The van der Waals surface area contributed by atoms with Crippen LogP contribution in [0.25, 0.3) is 0 Å². The quantitative estimate of drug-likeness (QED) is 0.655. The van der Waals surface area contributed by atoms with Crippen LogP contribution in [0.1, 0.15) is 0 Å². The Bertz CT molecular complexity index is 300. The molecule has 0 aliphatic carbocycles. The zero-order valence-corrected chi connectivity index (χ0v) is 9.74. The Morgan fingerprint density at radius 3 is 2.64 bits per heavy atom. The van der Waals surface area contributed by atoms with Crippen molar-refractivity contribution in [2.75, 3.05) is 11.5 Å². The molecule has 0 heterocycles. The maximum Gasteiger partial charge on any atom is 0.372 e. The van der Waals surface area contributed by atoms with Gasteiger partial charge in [-0.3, -0.25) is 0 Å². The number of hydrogen-bond donors (Lipinski definition) is 1. The summed E-state index contributed by atoms with van der Waals surface area (Å²) in [5.41, 5.74) is 0. The van der Waals surface area contributed by atoms with Crippen LogP contribution in [0, 0.1) is 0 Å². The molecular formula is C9H9ClO2S2. The molecular weight excluding hydrogens is 240 g/mol. The number of carbonyl (C=O) groups excluding carboxylic acids is 1. The zero-order valence-electron chi connectivity index (χ0n) is 7.27. The first-order valence-corrected chi connectivity index (χ1v) is 5.93. The third-order valence-corrected chi connectivity index (χ3v) is 2.83. The summed E-state index contributed by atoms with van der Waals surface area (Å²) in [5, 5.41) is 0.300. The van der Waals surface area contributed by atoms with Crippen molar-refractivity contribution in [3.63, 3.8) is 0 Å². The Hall–Kier alpha value is -0.320. The Labute approximate surface area is 97.4 Å². The van der Waals surface area contributed by atoms with Gasteiger partial charge in [-0.15, -0.1) is 0 Å². The average Bonchev–Trinajstić information content (AvgIpc) is 2.18. The standard InChI is InChI=1S/C9H9ClO2S2/c10-7-1-3-8(4-2-7)12-9(11)14-6-5-13/h1-4,13H,5-6H2. The average molecular weight is 249 g/mol. The number of benzene rings is 1. The van der Waals surface area contributed by atoms with E-state index in [1.54, 1.807) is 24.3 Å². The predicted octanol–water partition coefficient (Wildman–Crippen LogP) is 3.50. The van der Waals surface area contributed by atoms with Gasteiger partial charge in [-0.1, -0.05) is 11.6 Å². The molecule has 0 unspecified atom stereocenters. The number of halogens is 1. The molecule has 0 amide bonds. The number of carbonyl (C=O) groups is 1. The molecule has 5 heteroatoms. The van der Waals surface area contributed by atoms with Crippen molar-refractivity contribution < 1.29 is 9.53 Å². The molecule has 0 N–H and O–H groups in total. The molecule has 1 rings (SSSR count). The Morgan fingerprint density at radius 1 is 1.43 bits per heavy atom. The third-order valence-electron chi connectivity index (χ3n) is 1.33. The fraction of sp³-hybridized carbons (Fsp3) is 0.222. The highest BCUT2D eigenvalue weighted by molar-refractivity contribution is 8.13. The lowest BCUT2D eigenvalue weighted by molar-refractivity contribution is 0.227. The monoisotopic (exact) mass is 248 g/mol. The predicted molar refractivity (Wildman–Crippen MR) is 63.8 cm³/mol. The van der Waals surface area contributed by atoms with Crippen LogP contribution in [0.15, 0.2) is 24.3 Å². The van der Waals surface area contributed by atoms with Crippen LogP contribution < -0.4 is 4.74 Å². The maximum atomic E-state index is 11.1. The molecule has 0 radical (unpaired) electrons. The van der Waals surface area contributed by atoms with Gasteiger partial charge in [0.2, 0.25) is 0 Å². The minimum atomic E-state index is -0.318. The third kappa shape index (κ3) is 4.26. The summed E-state index contributed by atoms with van der Waals surface area (Å²) in [4.78, 5) is 11.1. The smallest absolute Gasteiger partial charge is 0.372 e. The first-order valence-electron chi connectivity index (χ1n) is 3.93. The number of thiol groups is 1. The highest BCUT2D eigenvalue weighted by Gasteiger charge is 2.04. The van der Waals surface area contributed by atoms with Gasteiger partial charge in [0.1, 0.15) is 5.75 Å². The van der Waals surface area contributed by atoms with Gasteiger partial charge in [0, 0.05) is 10.8 Å². The maximum absolute atomic E-state index is 11.1. The van der Waals surface area contributed by atoms with E-state index in [2.05, 4.69) is 12.6 Å². The van der Waals surface area contributed by atoms with E-state index < -0.39 is 0 Å². The fourth-order valence-electron chi connectivity index (χ4n) is 0.757. The van der Waals surface area contributed by atoms with Crippen LogP contribution in [0.4, 0.5) is 4.79 Å². The summed E-state index contributed by atoms with van der Waals surface area (Å²) in [6, 6.07) is 6.66. The second-order valence-electron chi connectivity index (χ2n) is 2.38. The van der Waals surface area contributed by atoms with Crippen LogP contribution >= 0.6 is 36.0 Å². The lowest BCUT2D eigenvalue weighted by atomic mass is 10.3. The molecule has 1 aromatic carbocycles. The van der Waals surface area contributed by atoms with E-state index in [-0.39, 0.29) is 5.30 Å². The van der Waals surface area contributed by atoms with E-state index in [0.29, 0.717) is 22.3 Å². The summed E-state index contributed by atoms with van der Waals surface area (Å²) in [5.74, 6) is 1.81. The van der Waals surface area contributed by atoms with Crippen molar-refractivity contribution in [3.8, 4) is 5.75 Å². The van der Waals surface area contributed by atoms with Gasteiger partial charge >= 0.3 is 5.30 Å². The van der Waals surface area contributed by atoms with E-state index in [9.17, 15) is 4.79 Å². The molecule has 0 atom stereocenters. The first kappa shape index (κ1) is 11.8. The molecule has 0 bridgehead atoms. The van der Waals surface area contributed by atoms with Crippen LogP contribution in [-0.2, 0) is 0 Å². The second kappa shape index (κ2) is 6.22. The van der Waals surface area contributed by atoms with E-state index in [1.807, 2.05) is 0 Å². The van der Waals surface area contributed by atoms with Gasteiger partial charge in [-0.25, -0.2) is 4.79 Å². The Balaban J connectivity index is 2.44. The van der Waals surface area contributed by atoms with Crippen molar-refractivity contribution >= 4 is 41.3 Å². The molecule has 14 heavy (non-hydrogen) atoms. The molecule has 1 aromatic rings. The molecule has 76 valence electrons. The molecule has 0 spiro atoms. The first-order chi connectivity index (χ1) is 6.72. The molecule has 0 aliphatic rings. The number of ether oxygens (including phenoxy) is 1. The molecule has 0 aliphatic heterocycles. The van der Waals surface area contributed by atoms with Gasteiger partial charge in [-0.05, 0) is 41.8 Å². The highest BCUT2D eigenvalue weighted by atomic mass is 35.5. The number of thioether (sulfide) groups is 1. The molecule has 0 aromatic heterocycles. The summed E-state index contributed by atoms with van der Waals surface area (Å²) in [6.07, 6.45) is 0. The highest BCUT2D eigenvalue weighted by Crippen LogP contribution is 2.18. The topological polar surface area (TPSA) is 26.3 Å². The minimum Gasteiger partial charge on any atom is -0.418 e. The van der Waals surface area contributed by atoms with Crippen LogP contribution in [0.5, 0.6) is 5.75 Å². The van der Waals surface area contributed by atoms with E-state index in [1.165, 1.54) is 0 Å². The van der Waals surface area contributed by atoms with Crippen molar-refractivity contribution in [3.05, 3.63) is 29.3 Å². The number of hydrogen-bond acceptors (Lipinski definition) is 4. The van der Waals surface area contributed by atoms with Crippen LogP contribution in [0.2, 0.25) is 5.02 Å². The lowest BCUT2D eigenvalue weighted by Crippen LogP contribution is -2.01. The molecule has 2 nitrogen and oxygen atoms in total. The summed E-state index contributed by atoms with van der Waals surface area (Å²) >= 11 is 10.8. The van der Waals surface area contributed by atoms with Gasteiger partial charge in [0.05, 0.1) is 0 Å². The van der Waals surface area contributed by atoms with Crippen LogP contribution in [-0.4, -0.2) is 16.8 Å².